The van der Waals surface area contributed by atoms with Crippen LogP contribution in [0.1, 0.15) is 43.9 Å². The largest absolute Gasteiger partial charge is 0.352 e. The van der Waals surface area contributed by atoms with Crippen LogP contribution >= 0.6 is 11.6 Å². The van der Waals surface area contributed by atoms with E-state index >= 15 is 0 Å². The van der Waals surface area contributed by atoms with Crippen LogP contribution in [0.4, 0.5) is 0 Å². The minimum atomic E-state index is -0.568. The van der Waals surface area contributed by atoms with Crippen LogP contribution in [0.5, 0.6) is 0 Å². The molecule has 2 aromatic rings. The quantitative estimate of drug-likeness (QED) is 0.708. The molecule has 2 aromatic carbocycles. The normalized spacial score (nSPS) is 12.9. The molecule has 1 N–H and O–H groups in total. The Bertz CT molecular complexity index is 822. The van der Waals surface area contributed by atoms with Gasteiger partial charge >= 0.3 is 0 Å². The Hall–Kier alpha value is -2.33. The standard InChI is InChI=1S/C23H29ClN2O2/c1-5-17(3)25-23(28)18(4)26(15-20-10-6-8-16(2)12-20)22(27)14-19-9-7-11-21(24)13-19/h6-13,17-18H,5,14-15H2,1-4H3,(H,25,28). The Labute approximate surface area is 172 Å². The number of hydrogen-bond donors (Lipinski definition) is 1. The first-order valence-corrected chi connectivity index (χ1v) is 10.1. The summed E-state index contributed by atoms with van der Waals surface area (Å²) in [5.74, 6) is -0.239. The van der Waals surface area contributed by atoms with Crippen LogP contribution in [0.25, 0.3) is 0 Å². The van der Waals surface area contributed by atoms with Gasteiger partial charge in [-0.1, -0.05) is 60.5 Å². The van der Waals surface area contributed by atoms with Gasteiger partial charge in [0.2, 0.25) is 11.8 Å². The molecular formula is C23H29ClN2O2. The summed E-state index contributed by atoms with van der Waals surface area (Å²) in [6, 6.07) is 14.8. The second-order valence-corrected chi connectivity index (χ2v) is 7.75. The van der Waals surface area contributed by atoms with E-state index in [0.29, 0.717) is 11.6 Å². The van der Waals surface area contributed by atoms with Gasteiger partial charge in [0.25, 0.3) is 0 Å². The lowest BCUT2D eigenvalue weighted by Gasteiger charge is -2.30. The number of rotatable bonds is 8. The highest BCUT2D eigenvalue weighted by atomic mass is 35.5. The molecule has 150 valence electrons. The lowest BCUT2D eigenvalue weighted by Crippen LogP contribution is -2.49. The highest BCUT2D eigenvalue weighted by molar-refractivity contribution is 6.30. The average Bonchev–Trinajstić information content (AvgIpc) is 2.65. The Morgan fingerprint density at radius 2 is 1.75 bits per heavy atom. The SMILES string of the molecule is CCC(C)NC(=O)C(C)N(Cc1cccc(C)c1)C(=O)Cc1cccc(Cl)c1. The van der Waals surface area contributed by atoms with Gasteiger partial charge in [0.1, 0.15) is 6.04 Å². The van der Waals surface area contributed by atoms with Gasteiger partial charge in [-0.05, 0) is 50.5 Å². The number of carbonyl (C=O) groups excluding carboxylic acids is 2. The maximum Gasteiger partial charge on any atom is 0.242 e. The third-order valence-corrected chi connectivity index (χ3v) is 5.08. The van der Waals surface area contributed by atoms with Crippen molar-refractivity contribution in [2.45, 2.75) is 59.2 Å². The van der Waals surface area contributed by atoms with Crippen LogP contribution in [-0.2, 0) is 22.6 Å². The molecule has 2 amide bonds. The molecule has 0 aliphatic carbocycles. The van der Waals surface area contributed by atoms with Crippen molar-refractivity contribution in [3.05, 3.63) is 70.2 Å². The number of halogens is 1. The van der Waals surface area contributed by atoms with E-state index in [1.165, 1.54) is 0 Å². The summed E-state index contributed by atoms with van der Waals surface area (Å²) >= 11 is 6.05. The first kappa shape index (κ1) is 22.0. The van der Waals surface area contributed by atoms with Crippen molar-refractivity contribution in [2.24, 2.45) is 0 Å². The summed E-state index contributed by atoms with van der Waals surface area (Å²) in [5.41, 5.74) is 2.96. The third-order valence-electron chi connectivity index (χ3n) is 4.85. The molecule has 0 saturated carbocycles. The summed E-state index contributed by atoms with van der Waals surface area (Å²) in [4.78, 5) is 27.5. The number of hydrogen-bond acceptors (Lipinski definition) is 2. The summed E-state index contributed by atoms with van der Waals surface area (Å²) in [6.07, 6.45) is 1.04. The fraction of sp³-hybridized carbons (Fsp3) is 0.391. The van der Waals surface area contributed by atoms with Gasteiger partial charge in [0.15, 0.2) is 0 Å². The smallest absolute Gasteiger partial charge is 0.242 e. The molecule has 0 bridgehead atoms. The van der Waals surface area contributed by atoms with Gasteiger partial charge in [-0.2, -0.15) is 0 Å². The number of carbonyl (C=O) groups is 2. The number of nitrogens with one attached hydrogen (secondary N) is 1. The summed E-state index contributed by atoms with van der Waals surface area (Å²) in [5, 5.41) is 3.58. The van der Waals surface area contributed by atoms with Crippen molar-refractivity contribution in [3.8, 4) is 0 Å². The molecule has 0 aliphatic rings. The minimum Gasteiger partial charge on any atom is -0.352 e. The van der Waals surface area contributed by atoms with Crippen molar-refractivity contribution in [3.63, 3.8) is 0 Å². The van der Waals surface area contributed by atoms with Crippen LogP contribution in [0.2, 0.25) is 5.02 Å². The van der Waals surface area contributed by atoms with Crippen LogP contribution in [0.3, 0.4) is 0 Å². The number of amides is 2. The van der Waals surface area contributed by atoms with Crippen LogP contribution in [0, 0.1) is 6.92 Å². The summed E-state index contributed by atoms with van der Waals surface area (Å²) < 4.78 is 0. The van der Waals surface area contributed by atoms with Crippen molar-refractivity contribution in [1.82, 2.24) is 10.2 Å². The van der Waals surface area contributed by atoms with E-state index in [0.717, 1.165) is 23.1 Å². The minimum absolute atomic E-state index is 0.0683. The van der Waals surface area contributed by atoms with Crippen LogP contribution < -0.4 is 5.32 Å². The highest BCUT2D eigenvalue weighted by Gasteiger charge is 2.26. The Kier molecular flexibility index (Phi) is 8.06. The Balaban J connectivity index is 2.23. The second-order valence-electron chi connectivity index (χ2n) is 7.31. The summed E-state index contributed by atoms with van der Waals surface area (Å²) in [6.45, 7) is 8.16. The van der Waals surface area contributed by atoms with Gasteiger partial charge in [0, 0.05) is 17.6 Å². The van der Waals surface area contributed by atoms with E-state index in [9.17, 15) is 9.59 Å². The molecule has 2 atom stereocenters. The molecule has 0 fully saturated rings. The average molecular weight is 401 g/mol. The number of aryl methyl sites for hydroxylation is 1. The maximum atomic E-state index is 13.1. The van der Waals surface area contributed by atoms with E-state index in [4.69, 9.17) is 11.6 Å². The zero-order chi connectivity index (χ0) is 20.7. The number of benzene rings is 2. The lowest BCUT2D eigenvalue weighted by atomic mass is 10.1. The van der Waals surface area contributed by atoms with Gasteiger partial charge in [0.05, 0.1) is 6.42 Å². The van der Waals surface area contributed by atoms with E-state index in [-0.39, 0.29) is 24.3 Å². The molecule has 0 spiro atoms. The second kappa shape index (κ2) is 10.3. The third kappa shape index (κ3) is 6.38. The molecule has 0 aliphatic heterocycles. The van der Waals surface area contributed by atoms with Gasteiger partial charge in [-0.25, -0.2) is 0 Å². The molecule has 0 radical (unpaired) electrons. The van der Waals surface area contributed by atoms with Crippen molar-refractivity contribution in [1.29, 1.82) is 0 Å². The van der Waals surface area contributed by atoms with Crippen LogP contribution in [-0.4, -0.2) is 28.8 Å². The van der Waals surface area contributed by atoms with Gasteiger partial charge in [-0.15, -0.1) is 0 Å². The Morgan fingerprint density at radius 1 is 1.07 bits per heavy atom. The first-order valence-electron chi connectivity index (χ1n) is 9.70. The fourth-order valence-electron chi connectivity index (χ4n) is 2.98. The molecule has 5 heteroatoms. The molecule has 0 saturated heterocycles. The molecule has 28 heavy (non-hydrogen) atoms. The van der Waals surface area contributed by atoms with E-state index in [1.807, 2.05) is 57.2 Å². The Morgan fingerprint density at radius 3 is 2.39 bits per heavy atom. The van der Waals surface area contributed by atoms with Crippen molar-refractivity contribution in [2.75, 3.05) is 0 Å². The molecule has 2 rings (SSSR count). The van der Waals surface area contributed by atoms with Crippen molar-refractivity contribution < 1.29 is 9.59 Å². The van der Waals surface area contributed by atoms with Crippen LogP contribution in [0.15, 0.2) is 48.5 Å². The zero-order valence-electron chi connectivity index (χ0n) is 17.0. The van der Waals surface area contributed by atoms with Gasteiger partial charge < -0.3 is 10.2 Å². The van der Waals surface area contributed by atoms with E-state index in [1.54, 1.807) is 24.0 Å². The van der Waals surface area contributed by atoms with E-state index < -0.39 is 6.04 Å². The molecule has 4 nitrogen and oxygen atoms in total. The molecule has 0 aromatic heterocycles. The highest BCUT2D eigenvalue weighted by Crippen LogP contribution is 2.16. The molecule has 2 unspecified atom stereocenters. The monoisotopic (exact) mass is 400 g/mol. The van der Waals surface area contributed by atoms with Gasteiger partial charge in [-0.3, -0.25) is 9.59 Å². The lowest BCUT2D eigenvalue weighted by molar-refractivity contribution is -0.140. The zero-order valence-corrected chi connectivity index (χ0v) is 17.8. The van der Waals surface area contributed by atoms with E-state index in [2.05, 4.69) is 5.32 Å². The fourth-order valence-corrected chi connectivity index (χ4v) is 3.19. The summed E-state index contributed by atoms with van der Waals surface area (Å²) in [7, 11) is 0. The predicted octanol–water partition coefficient (Wildman–Crippen LogP) is 4.52. The topological polar surface area (TPSA) is 49.4 Å². The maximum absolute atomic E-state index is 13.1. The predicted molar refractivity (Wildman–Crippen MR) is 114 cm³/mol. The molecular weight excluding hydrogens is 372 g/mol. The van der Waals surface area contributed by atoms with Crippen molar-refractivity contribution >= 4 is 23.4 Å². The first-order chi connectivity index (χ1) is 13.3. The molecule has 0 heterocycles. The number of nitrogens with zero attached hydrogens (tertiary/aromatic N) is 1.